The fourth-order valence-electron chi connectivity index (χ4n) is 1.38. The number of aromatic nitrogens is 1. The van der Waals surface area contributed by atoms with Crippen LogP contribution in [0.2, 0.25) is 0 Å². The number of rotatable bonds is 2. The Morgan fingerprint density at radius 1 is 1.21 bits per heavy atom. The second-order valence-electron chi connectivity index (χ2n) is 2.74. The lowest BCUT2D eigenvalue weighted by Crippen LogP contribution is -1.89. The van der Waals surface area contributed by atoms with Crippen LogP contribution >= 0.6 is 0 Å². The molecule has 0 N–H and O–H groups in total. The normalized spacial score (nSPS) is 10.1. The van der Waals surface area contributed by atoms with Crippen molar-refractivity contribution >= 4 is 10.9 Å². The first-order chi connectivity index (χ1) is 6.86. The first kappa shape index (κ1) is 8.74. The van der Waals surface area contributed by atoms with Crippen molar-refractivity contribution in [2.45, 2.75) is 0 Å². The number of ether oxygens (including phenoxy) is 1. The summed E-state index contributed by atoms with van der Waals surface area (Å²) in [6.07, 6.45) is 1.60. The van der Waals surface area contributed by atoms with Crippen LogP contribution < -0.4 is 9.68 Å². The third kappa shape index (κ3) is 1.25. The van der Waals surface area contributed by atoms with Crippen molar-refractivity contribution in [3.05, 3.63) is 30.5 Å². The van der Waals surface area contributed by atoms with Gasteiger partial charge in [-0.15, -0.1) is 0 Å². The summed E-state index contributed by atoms with van der Waals surface area (Å²) in [4.78, 5) is 7.82. The minimum atomic E-state index is 0.118. The van der Waals surface area contributed by atoms with E-state index in [1.807, 2.05) is 0 Å². The van der Waals surface area contributed by atoms with Gasteiger partial charge in [0.1, 0.15) is 5.75 Å². The van der Waals surface area contributed by atoms with Gasteiger partial charge in [-0.3, -0.25) is 9.93 Å². The topological polar surface area (TPSA) is 31.4 Å². The molecule has 0 aliphatic carbocycles. The van der Waals surface area contributed by atoms with Crippen LogP contribution in [0, 0.1) is 0 Å². The Labute approximate surface area is 80.0 Å². The third-order valence-corrected chi connectivity index (χ3v) is 1.99. The van der Waals surface area contributed by atoms with E-state index >= 15 is 0 Å². The molecule has 0 unspecified atom stereocenters. The van der Waals surface area contributed by atoms with Gasteiger partial charge < -0.3 is 4.74 Å². The van der Waals surface area contributed by atoms with E-state index in [0.29, 0.717) is 16.7 Å². The van der Waals surface area contributed by atoms with Crippen LogP contribution in [-0.4, -0.2) is 12.1 Å². The molecule has 0 saturated carbocycles. The molecule has 1 aromatic carbocycles. The van der Waals surface area contributed by atoms with Crippen LogP contribution in [0.15, 0.2) is 30.5 Å². The van der Waals surface area contributed by atoms with Gasteiger partial charge in [-0.05, 0) is 18.2 Å². The van der Waals surface area contributed by atoms with Crippen LogP contribution in [-0.2, 0) is 0 Å². The summed E-state index contributed by atoms with van der Waals surface area (Å²) in [7, 11) is 1.52. The van der Waals surface area contributed by atoms with Crippen molar-refractivity contribution in [1.82, 2.24) is 4.98 Å². The van der Waals surface area contributed by atoms with E-state index < -0.39 is 0 Å². The van der Waals surface area contributed by atoms with Crippen molar-refractivity contribution in [1.29, 1.82) is 0 Å². The molecule has 0 saturated heterocycles. The highest BCUT2D eigenvalue weighted by molar-refractivity contribution is 5.90. The summed E-state index contributed by atoms with van der Waals surface area (Å²) < 4.78 is 17.3. The number of benzene rings is 1. The summed E-state index contributed by atoms with van der Waals surface area (Å²) in [5.74, 6) is 0.663. The van der Waals surface area contributed by atoms with Crippen molar-refractivity contribution < 1.29 is 14.2 Å². The zero-order valence-electron chi connectivity index (χ0n) is 7.53. The molecule has 2 aromatic rings. The fourth-order valence-corrected chi connectivity index (χ4v) is 1.38. The summed E-state index contributed by atoms with van der Waals surface area (Å²) in [5.41, 5.74) is 0.638. The molecule has 1 heterocycles. The van der Waals surface area contributed by atoms with Crippen LogP contribution in [0.25, 0.3) is 10.9 Å². The second kappa shape index (κ2) is 3.49. The monoisotopic (exact) mass is 193 g/mol. The molecule has 3 nitrogen and oxygen atoms in total. The maximum absolute atomic E-state index is 12.2. The molecule has 4 heteroatoms. The Bertz CT molecular complexity index is 420. The Morgan fingerprint density at radius 3 is 2.79 bits per heavy atom. The Kier molecular flexibility index (Phi) is 2.18. The van der Waals surface area contributed by atoms with Crippen LogP contribution in [0.1, 0.15) is 0 Å². The van der Waals surface area contributed by atoms with Crippen molar-refractivity contribution in [2.24, 2.45) is 0 Å². The maximum atomic E-state index is 12.2. The van der Waals surface area contributed by atoms with Gasteiger partial charge in [0.25, 0.3) is 0 Å². The molecule has 0 amide bonds. The van der Waals surface area contributed by atoms with E-state index in [0.717, 1.165) is 0 Å². The number of halogens is 1. The first-order valence-electron chi connectivity index (χ1n) is 4.07. The molecule has 0 bridgehead atoms. The number of fused-ring (bicyclic) bond motifs is 1. The fraction of sp³-hybridized carbons (Fsp3) is 0.100. The van der Waals surface area contributed by atoms with E-state index in [9.17, 15) is 4.53 Å². The highest BCUT2D eigenvalue weighted by Gasteiger charge is 2.08. The standard InChI is InChI=1S/C10H8FNO2/c1-13-8-5-6-12-7-3-2-4-9(14-11)10(7)8/h2-6H,1H3. The zero-order chi connectivity index (χ0) is 9.97. The number of hydrogen-bond acceptors (Lipinski definition) is 3. The van der Waals surface area contributed by atoms with Gasteiger partial charge in [0, 0.05) is 10.7 Å². The molecular weight excluding hydrogens is 185 g/mol. The van der Waals surface area contributed by atoms with Gasteiger partial charge >= 0.3 is 0 Å². The summed E-state index contributed by atoms with van der Waals surface area (Å²) in [6.45, 7) is 0. The predicted octanol–water partition coefficient (Wildman–Crippen LogP) is 2.51. The quantitative estimate of drug-likeness (QED) is 0.734. The lowest BCUT2D eigenvalue weighted by Gasteiger charge is -2.05. The molecular formula is C10H8FNO2. The van der Waals surface area contributed by atoms with Crippen LogP contribution in [0.3, 0.4) is 0 Å². The van der Waals surface area contributed by atoms with Crippen molar-refractivity contribution in [2.75, 3.05) is 7.11 Å². The number of pyridine rings is 1. The van der Waals surface area contributed by atoms with Gasteiger partial charge in [0.2, 0.25) is 0 Å². The smallest absolute Gasteiger partial charge is 0.185 e. The number of methoxy groups -OCH3 is 1. The minimum Gasteiger partial charge on any atom is -0.496 e. The summed E-state index contributed by atoms with van der Waals surface area (Å²) in [6, 6.07) is 6.61. The van der Waals surface area contributed by atoms with E-state index in [-0.39, 0.29) is 5.75 Å². The second-order valence-corrected chi connectivity index (χ2v) is 2.74. The first-order valence-corrected chi connectivity index (χ1v) is 4.07. The molecule has 14 heavy (non-hydrogen) atoms. The number of nitrogens with zero attached hydrogens (tertiary/aromatic N) is 1. The minimum absolute atomic E-state index is 0.118. The molecule has 2 rings (SSSR count). The lowest BCUT2D eigenvalue weighted by molar-refractivity contribution is -0.00436. The summed E-state index contributed by atoms with van der Waals surface area (Å²) >= 11 is 0. The van der Waals surface area contributed by atoms with Gasteiger partial charge in [0.15, 0.2) is 5.75 Å². The molecule has 0 aliphatic heterocycles. The van der Waals surface area contributed by atoms with Gasteiger partial charge in [0.05, 0.1) is 18.0 Å². The Hall–Kier alpha value is -1.84. The predicted molar refractivity (Wildman–Crippen MR) is 50.0 cm³/mol. The molecule has 0 radical (unpaired) electrons. The molecule has 0 spiro atoms. The van der Waals surface area contributed by atoms with E-state index in [2.05, 4.69) is 9.93 Å². The highest BCUT2D eigenvalue weighted by Crippen LogP contribution is 2.32. The maximum Gasteiger partial charge on any atom is 0.185 e. The van der Waals surface area contributed by atoms with Gasteiger partial charge in [-0.2, -0.15) is 0 Å². The third-order valence-electron chi connectivity index (χ3n) is 1.99. The Balaban J connectivity index is 2.81. The summed E-state index contributed by atoms with van der Waals surface area (Å²) in [5, 5.41) is 0.542. The van der Waals surface area contributed by atoms with Crippen molar-refractivity contribution in [3.8, 4) is 11.5 Å². The largest absolute Gasteiger partial charge is 0.496 e. The average molecular weight is 193 g/mol. The number of hydrogen-bond donors (Lipinski definition) is 0. The van der Waals surface area contributed by atoms with E-state index in [1.54, 1.807) is 24.4 Å². The zero-order valence-corrected chi connectivity index (χ0v) is 7.53. The molecule has 72 valence electrons. The SMILES string of the molecule is COc1ccnc2cccc(OF)c12. The molecule has 0 fully saturated rings. The van der Waals surface area contributed by atoms with E-state index in [1.165, 1.54) is 13.2 Å². The Morgan fingerprint density at radius 2 is 2.07 bits per heavy atom. The molecule has 0 atom stereocenters. The highest BCUT2D eigenvalue weighted by atomic mass is 19.3. The average Bonchev–Trinajstić information content (AvgIpc) is 2.27. The van der Waals surface area contributed by atoms with Gasteiger partial charge in [-0.25, -0.2) is 0 Å². The molecule has 1 aromatic heterocycles. The van der Waals surface area contributed by atoms with E-state index in [4.69, 9.17) is 4.74 Å². The lowest BCUT2D eigenvalue weighted by atomic mass is 10.2. The van der Waals surface area contributed by atoms with Crippen LogP contribution in [0.4, 0.5) is 4.53 Å². The van der Waals surface area contributed by atoms with Crippen molar-refractivity contribution in [3.63, 3.8) is 0 Å². The van der Waals surface area contributed by atoms with Crippen LogP contribution in [0.5, 0.6) is 11.5 Å². The molecule has 0 aliphatic rings. The van der Waals surface area contributed by atoms with Gasteiger partial charge in [-0.1, -0.05) is 6.07 Å².